The van der Waals surface area contributed by atoms with Gasteiger partial charge in [-0.15, -0.1) is 11.3 Å². The normalized spacial score (nSPS) is 17.8. The molecule has 2 heterocycles. The Morgan fingerprint density at radius 3 is 2.38 bits per heavy atom. The van der Waals surface area contributed by atoms with Crippen molar-refractivity contribution in [3.05, 3.63) is 82.1 Å². The van der Waals surface area contributed by atoms with E-state index >= 15 is 0 Å². The number of ether oxygens (including phenoxy) is 2. The van der Waals surface area contributed by atoms with Crippen molar-refractivity contribution in [1.29, 1.82) is 0 Å². The monoisotopic (exact) mass is 449 g/mol. The summed E-state index contributed by atoms with van der Waals surface area (Å²) >= 11 is 1.41. The molecular formula is C25H23NO5S. The van der Waals surface area contributed by atoms with Gasteiger partial charge < -0.3 is 14.6 Å². The van der Waals surface area contributed by atoms with E-state index < -0.39 is 17.7 Å². The maximum atomic E-state index is 13.2. The van der Waals surface area contributed by atoms with Crippen LogP contribution in [0.3, 0.4) is 0 Å². The molecule has 1 fully saturated rings. The number of carbonyl (C=O) groups is 2. The molecule has 3 aromatic rings. The smallest absolute Gasteiger partial charge is 0.300 e. The molecule has 1 aliphatic heterocycles. The standard InChI is InChI=1S/C25H23NO5S/c1-15(2)31-17-12-10-16(11-13-17)23(27)21-22(20-9-6-14-32-20)26(25(29)24(21)28)18-7-4-5-8-19(18)30-3/h4-15,22,27H,1-3H3/b23-21-. The van der Waals surface area contributed by atoms with Crippen molar-refractivity contribution >= 4 is 34.5 Å². The van der Waals surface area contributed by atoms with E-state index in [0.29, 0.717) is 22.7 Å². The molecule has 1 aromatic heterocycles. The summed E-state index contributed by atoms with van der Waals surface area (Å²) in [5.41, 5.74) is 0.941. The Morgan fingerprint density at radius 2 is 1.75 bits per heavy atom. The van der Waals surface area contributed by atoms with Crippen molar-refractivity contribution in [2.75, 3.05) is 12.0 Å². The molecule has 1 saturated heterocycles. The van der Waals surface area contributed by atoms with E-state index in [1.54, 1.807) is 48.5 Å². The minimum absolute atomic E-state index is 0.0134. The Morgan fingerprint density at radius 1 is 1.03 bits per heavy atom. The van der Waals surface area contributed by atoms with E-state index in [4.69, 9.17) is 9.47 Å². The number of para-hydroxylation sites is 2. The second kappa shape index (κ2) is 8.88. The number of thiophene rings is 1. The van der Waals surface area contributed by atoms with Gasteiger partial charge in [0.05, 0.1) is 24.5 Å². The van der Waals surface area contributed by atoms with Gasteiger partial charge in [-0.25, -0.2) is 0 Å². The number of anilines is 1. The van der Waals surface area contributed by atoms with E-state index in [0.717, 1.165) is 4.88 Å². The van der Waals surface area contributed by atoms with Crippen LogP contribution in [-0.4, -0.2) is 30.0 Å². The van der Waals surface area contributed by atoms with Gasteiger partial charge in [-0.05, 0) is 61.7 Å². The molecule has 4 rings (SSSR count). The van der Waals surface area contributed by atoms with Gasteiger partial charge in [-0.2, -0.15) is 0 Å². The molecule has 0 saturated carbocycles. The van der Waals surface area contributed by atoms with Crippen molar-refractivity contribution in [3.8, 4) is 11.5 Å². The van der Waals surface area contributed by atoms with Crippen LogP contribution in [0.1, 0.15) is 30.3 Å². The fourth-order valence-electron chi connectivity index (χ4n) is 3.74. The van der Waals surface area contributed by atoms with Gasteiger partial charge in [0, 0.05) is 10.4 Å². The zero-order valence-corrected chi connectivity index (χ0v) is 18.8. The van der Waals surface area contributed by atoms with Crippen molar-refractivity contribution in [3.63, 3.8) is 0 Å². The molecule has 2 aromatic carbocycles. The SMILES string of the molecule is COc1ccccc1N1C(=O)C(=O)/C(=C(\O)c2ccc(OC(C)C)cc2)C1c1cccs1. The first-order chi connectivity index (χ1) is 15.4. The lowest BCUT2D eigenvalue weighted by molar-refractivity contribution is -0.132. The molecule has 1 unspecified atom stereocenters. The predicted molar refractivity (Wildman–Crippen MR) is 124 cm³/mol. The van der Waals surface area contributed by atoms with Crippen molar-refractivity contribution in [2.45, 2.75) is 26.0 Å². The Kier molecular flexibility index (Phi) is 6.01. The van der Waals surface area contributed by atoms with Crippen LogP contribution in [0, 0.1) is 0 Å². The van der Waals surface area contributed by atoms with Gasteiger partial charge in [0.2, 0.25) is 0 Å². The summed E-state index contributed by atoms with van der Waals surface area (Å²) < 4.78 is 11.1. The number of rotatable bonds is 6. The molecule has 7 heteroatoms. The number of Topliss-reactive ketones (excluding diaryl/α,β-unsaturated/α-hetero) is 1. The number of ketones is 1. The molecule has 6 nitrogen and oxygen atoms in total. The summed E-state index contributed by atoms with van der Waals surface area (Å²) in [5, 5.41) is 13.0. The Bertz CT molecular complexity index is 1170. The molecule has 1 amide bonds. The molecule has 1 atom stereocenters. The summed E-state index contributed by atoms with van der Waals surface area (Å²) in [6, 6.07) is 16.8. The van der Waals surface area contributed by atoms with Gasteiger partial charge in [0.25, 0.3) is 11.7 Å². The minimum Gasteiger partial charge on any atom is -0.507 e. The highest BCUT2D eigenvalue weighted by Gasteiger charge is 2.48. The Labute approximate surface area is 190 Å². The van der Waals surface area contributed by atoms with Crippen LogP contribution >= 0.6 is 11.3 Å². The number of methoxy groups -OCH3 is 1. The number of aliphatic hydroxyl groups excluding tert-OH is 1. The van der Waals surface area contributed by atoms with Crippen LogP contribution in [0.15, 0.2) is 71.6 Å². The van der Waals surface area contributed by atoms with E-state index in [-0.39, 0.29) is 17.4 Å². The second-order valence-corrected chi connectivity index (χ2v) is 8.53. The van der Waals surface area contributed by atoms with Crippen molar-refractivity contribution in [1.82, 2.24) is 0 Å². The largest absolute Gasteiger partial charge is 0.507 e. The molecule has 1 aliphatic rings. The molecule has 32 heavy (non-hydrogen) atoms. The van der Waals surface area contributed by atoms with Crippen LogP contribution in [0.4, 0.5) is 5.69 Å². The molecule has 0 spiro atoms. The Hall–Kier alpha value is -3.58. The highest BCUT2D eigenvalue weighted by Crippen LogP contribution is 2.46. The van der Waals surface area contributed by atoms with Gasteiger partial charge in [0.1, 0.15) is 23.3 Å². The van der Waals surface area contributed by atoms with Gasteiger partial charge in [0.15, 0.2) is 0 Å². The fraction of sp³-hybridized carbons (Fsp3) is 0.200. The van der Waals surface area contributed by atoms with Crippen LogP contribution in [0.5, 0.6) is 11.5 Å². The second-order valence-electron chi connectivity index (χ2n) is 7.55. The topological polar surface area (TPSA) is 76.1 Å². The number of hydrogen-bond acceptors (Lipinski definition) is 6. The summed E-state index contributed by atoms with van der Waals surface area (Å²) in [6.07, 6.45) is 0.0134. The van der Waals surface area contributed by atoms with E-state index in [9.17, 15) is 14.7 Å². The summed E-state index contributed by atoms with van der Waals surface area (Å²) in [7, 11) is 1.51. The van der Waals surface area contributed by atoms with Gasteiger partial charge in [-0.3, -0.25) is 14.5 Å². The fourth-order valence-corrected chi connectivity index (χ4v) is 4.57. The van der Waals surface area contributed by atoms with Crippen LogP contribution < -0.4 is 14.4 Å². The lowest BCUT2D eigenvalue weighted by atomic mass is 9.99. The maximum Gasteiger partial charge on any atom is 0.300 e. The predicted octanol–water partition coefficient (Wildman–Crippen LogP) is 5.17. The summed E-state index contributed by atoms with van der Waals surface area (Å²) in [5.74, 6) is -0.564. The average molecular weight is 450 g/mol. The number of hydrogen-bond donors (Lipinski definition) is 1. The van der Waals surface area contributed by atoms with E-state index in [2.05, 4.69) is 0 Å². The molecule has 0 aliphatic carbocycles. The lowest BCUT2D eigenvalue weighted by Gasteiger charge is -2.25. The van der Waals surface area contributed by atoms with Gasteiger partial charge in [-0.1, -0.05) is 18.2 Å². The van der Waals surface area contributed by atoms with Crippen LogP contribution in [0.25, 0.3) is 5.76 Å². The average Bonchev–Trinajstić information content (AvgIpc) is 3.40. The number of aliphatic hydroxyl groups is 1. The molecule has 164 valence electrons. The number of nitrogens with zero attached hydrogens (tertiary/aromatic N) is 1. The van der Waals surface area contributed by atoms with Crippen molar-refractivity contribution < 1.29 is 24.2 Å². The zero-order valence-electron chi connectivity index (χ0n) is 17.9. The number of amides is 1. The third-order valence-electron chi connectivity index (χ3n) is 5.10. The minimum atomic E-state index is -0.766. The summed E-state index contributed by atoms with van der Waals surface area (Å²) in [4.78, 5) is 28.5. The molecular weight excluding hydrogens is 426 g/mol. The first-order valence-electron chi connectivity index (χ1n) is 10.2. The van der Waals surface area contributed by atoms with E-state index in [1.165, 1.54) is 23.3 Å². The summed E-state index contributed by atoms with van der Waals surface area (Å²) in [6.45, 7) is 3.85. The first-order valence-corrected chi connectivity index (χ1v) is 11.0. The molecule has 1 N–H and O–H groups in total. The molecule has 0 bridgehead atoms. The number of carbonyl (C=O) groups excluding carboxylic acids is 2. The van der Waals surface area contributed by atoms with Crippen LogP contribution in [0.2, 0.25) is 0 Å². The van der Waals surface area contributed by atoms with Gasteiger partial charge >= 0.3 is 0 Å². The lowest BCUT2D eigenvalue weighted by Crippen LogP contribution is -2.29. The first kappa shape index (κ1) is 21.6. The maximum absolute atomic E-state index is 13.2. The van der Waals surface area contributed by atoms with E-state index in [1.807, 2.05) is 31.4 Å². The third kappa shape index (κ3) is 3.87. The number of benzene rings is 2. The van der Waals surface area contributed by atoms with Crippen molar-refractivity contribution in [2.24, 2.45) is 0 Å². The highest BCUT2D eigenvalue weighted by atomic mass is 32.1. The van der Waals surface area contributed by atoms with Crippen LogP contribution in [-0.2, 0) is 9.59 Å². The third-order valence-corrected chi connectivity index (χ3v) is 6.03. The quantitative estimate of drug-likeness (QED) is 0.319. The Balaban J connectivity index is 1.85. The zero-order chi connectivity index (χ0) is 22.8. The highest BCUT2D eigenvalue weighted by molar-refractivity contribution is 7.10. The molecule has 0 radical (unpaired) electrons.